The van der Waals surface area contributed by atoms with Crippen molar-refractivity contribution in [2.75, 3.05) is 25.4 Å². The number of halogens is 3. The molecule has 0 saturated carbocycles. The van der Waals surface area contributed by atoms with Crippen LogP contribution in [-0.4, -0.2) is 47.7 Å². The first-order chi connectivity index (χ1) is 14.1. The van der Waals surface area contributed by atoms with Crippen molar-refractivity contribution in [3.05, 3.63) is 35.4 Å². The Hall–Kier alpha value is -2.55. The quantitative estimate of drug-likeness (QED) is 0.640. The average Bonchev–Trinajstić information content (AvgIpc) is 2.74. The zero-order chi connectivity index (χ0) is 22.3. The van der Waals surface area contributed by atoms with Crippen LogP contribution in [0.3, 0.4) is 0 Å². The summed E-state index contributed by atoms with van der Waals surface area (Å²) >= 11 is 0. The number of carbonyl (C=O) groups excluding carboxylic acids is 1. The molecule has 166 valence electrons. The molecule has 30 heavy (non-hydrogen) atoms. The maximum atomic E-state index is 11.7. The van der Waals surface area contributed by atoms with E-state index in [4.69, 9.17) is 21.4 Å². The summed E-state index contributed by atoms with van der Waals surface area (Å²) < 4.78 is 31.7. The lowest BCUT2D eigenvalue weighted by Crippen LogP contribution is -2.41. The Labute approximate surface area is 173 Å². The van der Waals surface area contributed by atoms with Gasteiger partial charge in [-0.15, -0.1) is 0 Å². The van der Waals surface area contributed by atoms with E-state index in [1.807, 2.05) is 4.90 Å². The molecule has 0 atom stereocenters. The Morgan fingerprint density at radius 1 is 1.17 bits per heavy atom. The topological polar surface area (TPSA) is 110 Å². The van der Waals surface area contributed by atoms with Gasteiger partial charge in [0.25, 0.3) is 0 Å². The molecule has 9 heteroatoms. The van der Waals surface area contributed by atoms with E-state index in [1.165, 1.54) is 36.0 Å². The molecular weight excluding hydrogens is 399 g/mol. The summed E-state index contributed by atoms with van der Waals surface area (Å²) in [7, 11) is 0. The number of alkyl halides is 3. The van der Waals surface area contributed by atoms with Gasteiger partial charge in [0.15, 0.2) is 0 Å². The first kappa shape index (κ1) is 23.7. The van der Waals surface area contributed by atoms with Crippen LogP contribution >= 0.6 is 0 Å². The molecule has 2 aliphatic rings. The second kappa shape index (κ2) is 10.5. The lowest BCUT2D eigenvalue weighted by atomic mass is 9.85. The van der Waals surface area contributed by atoms with Crippen molar-refractivity contribution in [3.8, 4) is 0 Å². The summed E-state index contributed by atoms with van der Waals surface area (Å²) in [6.45, 7) is 1.73. The van der Waals surface area contributed by atoms with Crippen LogP contribution in [0.4, 0.5) is 18.9 Å². The molecule has 3 rings (SSSR count). The maximum absolute atomic E-state index is 11.7. The predicted molar refractivity (Wildman–Crippen MR) is 109 cm³/mol. The molecule has 1 aliphatic heterocycles. The van der Waals surface area contributed by atoms with Crippen molar-refractivity contribution < 1.29 is 27.9 Å². The van der Waals surface area contributed by atoms with Gasteiger partial charge in [-0.25, -0.2) is 4.79 Å². The first-order valence-electron chi connectivity index (χ1n) is 10.00. The number of nitrogens with zero attached hydrogens (tertiary/aromatic N) is 1. The lowest BCUT2D eigenvalue weighted by Gasteiger charge is -2.32. The van der Waals surface area contributed by atoms with Gasteiger partial charge in [-0.3, -0.25) is 4.79 Å². The second-order valence-corrected chi connectivity index (χ2v) is 7.48. The number of nitrogen functional groups attached to an aromatic ring is 1. The van der Waals surface area contributed by atoms with Gasteiger partial charge in [-0.1, -0.05) is 12.1 Å². The number of aliphatic carboxylic acids is 1. The van der Waals surface area contributed by atoms with Crippen molar-refractivity contribution in [1.82, 2.24) is 4.90 Å². The van der Waals surface area contributed by atoms with Gasteiger partial charge in [0.05, 0.1) is 6.54 Å². The van der Waals surface area contributed by atoms with Crippen LogP contribution in [0.5, 0.6) is 0 Å². The number of likely N-dealkylation sites (tertiary alicyclic amines) is 1. The number of hydrogen-bond acceptors (Lipinski definition) is 4. The van der Waals surface area contributed by atoms with E-state index in [0.717, 1.165) is 38.0 Å². The Kier molecular flexibility index (Phi) is 8.28. The van der Waals surface area contributed by atoms with Gasteiger partial charge in [0.2, 0.25) is 5.91 Å². The van der Waals surface area contributed by atoms with Crippen LogP contribution in [0.25, 0.3) is 5.57 Å². The summed E-state index contributed by atoms with van der Waals surface area (Å²) in [6, 6.07) is 6.50. The van der Waals surface area contributed by atoms with E-state index in [9.17, 15) is 18.0 Å². The molecule has 6 nitrogen and oxygen atoms in total. The monoisotopic (exact) mass is 427 g/mol. The second-order valence-electron chi connectivity index (χ2n) is 7.48. The molecule has 0 radical (unpaired) electrons. The van der Waals surface area contributed by atoms with Crippen molar-refractivity contribution in [3.63, 3.8) is 0 Å². The highest BCUT2D eigenvalue weighted by Gasteiger charge is 2.38. The van der Waals surface area contributed by atoms with Gasteiger partial charge < -0.3 is 21.5 Å². The minimum absolute atomic E-state index is 0.0637. The van der Waals surface area contributed by atoms with Gasteiger partial charge in [0, 0.05) is 24.3 Å². The van der Waals surface area contributed by atoms with E-state index in [1.54, 1.807) is 0 Å². The van der Waals surface area contributed by atoms with Gasteiger partial charge >= 0.3 is 12.1 Å². The molecule has 1 aliphatic carbocycles. The highest BCUT2D eigenvalue weighted by Crippen LogP contribution is 2.35. The molecule has 5 N–H and O–H groups in total. The molecule has 0 aromatic heterocycles. The third-order valence-corrected chi connectivity index (χ3v) is 5.45. The van der Waals surface area contributed by atoms with Crippen LogP contribution < -0.4 is 11.5 Å². The van der Waals surface area contributed by atoms with E-state index >= 15 is 0 Å². The molecule has 1 aromatic rings. The molecule has 0 bridgehead atoms. The fourth-order valence-electron chi connectivity index (χ4n) is 3.78. The van der Waals surface area contributed by atoms with Crippen molar-refractivity contribution in [2.45, 2.75) is 50.6 Å². The first-order valence-corrected chi connectivity index (χ1v) is 10.00. The van der Waals surface area contributed by atoms with Gasteiger partial charge in [-0.05, 0) is 67.7 Å². The summed E-state index contributed by atoms with van der Waals surface area (Å²) in [5.74, 6) is -2.18. The number of carboxylic acids is 1. The Morgan fingerprint density at radius 3 is 2.30 bits per heavy atom. The molecule has 1 amide bonds. The number of piperidine rings is 1. The SMILES string of the molecule is NCC(=O)N1CCC(c2ccc(N)c(C3=CCCCC3)c2)CC1.O=C(O)C(F)(F)F. The largest absolute Gasteiger partial charge is 0.490 e. The zero-order valence-electron chi connectivity index (χ0n) is 16.8. The van der Waals surface area contributed by atoms with Crippen molar-refractivity contribution >= 4 is 23.1 Å². The number of anilines is 1. The van der Waals surface area contributed by atoms with Crippen LogP contribution in [0.1, 0.15) is 55.6 Å². The van der Waals surface area contributed by atoms with Gasteiger partial charge in [-0.2, -0.15) is 13.2 Å². The number of rotatable bonds is 3. The highest BCUT2D eigenvalue weighted by atomic mass is 19.4. The summed E-state index contributed by atoms with van der Waals surface area (Å²) in [5, 5.41) is 7.12. The van der Waals surface area contributed by atoms with Crippen LogP contribution in [0.2, 0.25) is 0 Å². The standard InChI is InChI=1S/C19H27N3O.C2HF3O2/c20-13-19(23)22-10-8-14(9-11-22)16-6-7-18(21)17(12-16)15-4-2-1-3-5-15;3-2(4,5)1(6)7/h4,6-7,12,14H,1-3,5,8-11,13,20-21H2;(H,6,7). The predicted octanol–water partition coefficient (Wildman–Crippen LogP) is 3.52. The molecule has 0 spiro atoms. The van der Waals surface area contributed by atoms with Crippen molar-refractivity contribution in [1.29, 1.82) is 0 Å². The molecule has 1 aromatic carbocycles. The lowest BCUT2D eigenvalue weighted by molar-refractivity contribution is -0.192. The van der Waals surface area contributed by atoms with Gasteiger partial charge in [0.1, 0.15) is 0 Å². The van der Waals surface area contributed by atoms with E-state index in [0.29, 0.717) is 5.92 Å². The third kappa shape index (κ3) is 6.48. The minimum atomic E-state index is -5.08. The summed E-state index contributed by atoms with van der Waals surface area (Å²) in [6.07, 6.45) is 4.13. The van der Waals surface area contributed by atoms with Crippen LogP contribution in [0, 0.1) is 0 Å². The Bertz CT molecular complexity index is 785. The number of hydrogen-bond donors (Lipinski definition) is 3. The van der Waals surface area contributed by atoms with Crippen LogP contribution in [-0.2, 0) is 9.59 Å². The van der Waals surface area contributed by atoms with E-state index in [-0.39, 0.29) is 12.5 Å². The maximum Gasteiger partial charge on any atom is 0.490 e. The third-order valence-electron chi connectivity index (χ3n) is 5.45. The zero-order valence-corrected chi connectivity index (χ0v) is 16.8. The number of benzene rings is 1. The summed E-state index contributed by atoms with van der Waals surface area (Å²) in [4.78, 5) is 22.5. The smallest absolute Gasteiger partial charge is 0.475 e. The molecule has 1 saturated heterocycles. The van der Waals surface area contributed by atoms with E-state index in [2.05, 4.69) is 24.3 Å². The van der Waals surface area contributed by atoms with E-state index < -0.39 is 12.1 Å². The normalized spacial score (nSPS) is 17.6. The van der Waals surface area contributed by atoms with Crippen molar-refractivity contribution in [2.24, 2.45) is 5.73 Å². The average molecular weight is 427 g/mol. The Balaban J connectivity index is 0.000000396. The fourth-order valence-corrected chi connectivity index (χ4v) is 3.78. The molecule has 1 fully saturated rings. The minimum Gasteiger partial charge on any atom is -0.475 e. The highest BCUT2D eigenvalue weighted by molar-refractivity contribution is 5.78. The van der Waals surface area contributed by atoms with Crippen LogP contribution in [0.15, 0.2) is 24.3 Å². The molecular formula is C21H28F3N3O3. The number of amides is 1. The molecule has 0 unspecified atom stereocenters. The summed E-state index contributed by atoms with van der Waals surface area (Å²) in [5.41, 5.74) is 16.6. The number of carbonyl (C=O) groups is 2. The number of allylic oxidation sites excluding steroid dienone is 2. The number of nitrogens with two attached hydrogens (primary N) is 2. The Morgan fingerprint density at radius 2 is 1.80 bits per heavy atom. The number of carboxylic acid groups (broad SMARTS) is 1. The fraction of sp³-hybridized carbons (Fsp3) is 0.524. The molecule has 1 heterocycles.